The number of hydrogen-bond acceptors (Lipinski definition) is 2. The molecule has 0 amide bonds. The van der Waals surface area contributed by atoms with Gasteiger partial charge in [0.2, 0.25) is 0 Å². The quantitative estimate of drug-likeness (QED) is 0.503. The van der Waals surface area contributed by atoms with Crippen molar-refractivity contribution < 1.29 is 4.74 Å². The molecule has 3 rings (SSSR count). The maximum atomic E-state index is 6.39. The van der Waals surface area contributed by atoms with Crippen LogP contribution in [0.3, 0.4) is 0 Å². The molecule has 0 aliphatic rings. The first-order valence-electron chi connectivity index (χ1n) is 8.48. The SMILES string of the molecule is Cc1ccc(COc2ccc(CNc3cccc(Cl)c3C)cc2Cl)cc1. The molecule has 1 N–H and O–H groups in total. The van der Waals surface area contributed by atoms with Gasteiger partial charge < -0.3 is 10.1 Å². The minimum Gasteiger partial charge on any atom is -0.487 e. The summed E-state index contributed by atoms with van der Waals surface area (Å²) in [5.74, 6) is 0.690. The van der Waals surface area contributed by atoms with Gasteiger partial charge in [0.15, 0.2) is 0 Å². The van der Waals surface area contributed by atoms with E-state index in [0.717, 1.165) is 27.4 Å². The van der Waals surface area contributed by atoms with Gasteiger partial charge in [-0.1, -0.05) is 65.2 Å². The van der Waals surface area contributed by atoms with Crippen LogP contribution in [0.2, 0.25) is 10.0 Å². The van der Waals surface area contributed by atoms with E-state index < -0.39 is 0 Å². The van der Waals surface area contributed by atoms with Crippen molar-refractivity contribution >= 4 is 28.9 Å². The van der Waals surface area contributed by atoms with Gasteiger partial charge in [-0.05, 0) is 54.8 Å². The second-order valence-electron chi connectivity index (χ2n) is 6.30. The van der Waals surface area contributed by atoms with Gasteiger partial charge in [0.1, 0.15) is 12.4 Å². The summed E-state index contributed by atoms with van der Waals surface area (Å²) in [7, 11) is 0. The number of aryl methyl sites for hydroxylation is 1. The molecule has 0 bridgehead atoms. The predicted octanol–water partition coefficient (Wildman–Crippen LogP) is 6.80. The van der Waals surface area contributed by atoms with Crippen molar-refractivity contribution in [3.63, 3.8) is 0 Å². The fourth-order valence-corrected chi connectivity index (χ4v) is 3.05. The number of benzene rings is 3. The monoisotopic (exact) mass is 385 g/mol. The van der Waals surface area contributed by atoms with E-state index in [4.69, 9.17) is 27.9 Å². The van der Waals surface area contributed by atoms with Gasteiger partial charge in [0, 0.05) is 17.3 Å². The lowest BCUT2D eigenvalue weighted by Gasteiger charge is -2.13. The van der Waals surface area contributed by atoms with Crippen LogP contribution in [0.5, 0.6) is 5.75 Å². The molecule has 0 saturated carbocycles. The summed E-state index contributed by atoms with van der Waals surface area (Å²) in [6.45, 7) is 5.23. The molecule has 134 valence electrons. The van der Waals surface area contributed by atoms with E-state index in [9.17, 15) is 0 Å². The van der Waals surface area contributed by atoms with Crippen molar-refractivity contribution in [2.45, 2.75) is 27.0 Å². The average molecular weight is 386 g/mol. The molecule has 0 aromatic heterocycles. The first kappa shape index (κ1) is 18.6. The van der Waals surface area contributed by atoms with E-state index in [-0.39, 0.29) is 0 Å². The second kappa shape index (κ2) is 8.48. The maximum absolute atomic E-state index is 6.39. The molecule has 0 heterocycles. The first-order valence-corrected chi connectivity index (χ1v) is 9.24. The molecular formula is C22H21Cl2NO. The summed E-state index contributed by atoms with van der Waals surface area (Å²) in [4.78, 5) is 0. The van der Waals surface area contributed by atoms with E-state index in [2.05, 4.69) is 36.5 Å². The summed E-state index contributed by atoms with van der Waals surface area (Å²) >= 11 is 12.5. The number of ether oxygens (including phenoxy) is 1. The third-order valence-corrected chi connectivity index (χ3v) is 4.97. The summed E-state index contributed by atoms with van der Waals surface area (Å²) in [5, 5.41) is 4.76. The number of nitrogens with one attached hydrogen (secondary N) is 1. The van der Waals surface area contributed by atoms with E-state index >= 15 is 0 Å². The number of hydrogen-bond donors (Lipinski definition) is 1. The molecule has 3 aromatic carbocycles. The Morgan fingerprint density at radius 2 is 1.58 bits per heavy atom. The third kappa shape index (κ3) is 4.72. The lowest BCUT2D eigenvalue weighted by Crippen LogP contribution is -2.02. The Balaban J connectivity index is 1.61. The van der Waals surface area contributed by atoms with Crippen LogP contribution in [0.4, 0.5) is 5.69 Å². The van der Waals surface area contributed by atoms with Crippen LogP contribution >= 0.6 is 23.2 Å². The Labute approximate surface area is 164 Å². The van der Waals surface area contributed by atoms with E-state index in [1.807, 2.05) is 43.3 Å². The molecule has 0 aliphatic carbocycles. The Morgan fingerprint density at radius 1 is 0.846 bits per heavy atom. The highest BCUT2D eigenvalue weighted by molar-refractivity contribution is 6.32. The second-order valence-corrected chi connectivity index (χ2v) is 7.12. The van der Waals surface area contributed by atoms with Gasteiger partial charge in [0.05, 0.1) is 5.02 Å². The molecule has 0 fully saturated rings. The molecule has 2 nitrogen and oxygen atoms in total. The highest BCUT2D eigenvalue weighted by Gasteiger charge is 2.06. The molecule has 0 saturated heterocycles. The van der Waals surface area contributed by atoms with Crippen LogP contribution in [-0.2, 0) is 13.2 Å². The van der Waals surface area contributed by atoms with Crippen molar-refractivity contribution in [3.05, 3.63) is 93.0 Å². The number of rotatable bonds is 6. The van der Waals surface area contributed by atoms with Gasteiger partial charge in [-0.2, -0.15) is 0 Å². The van der Waals surface area contributed by atoms with Gasteiger partial charge in [-0.3, -0.25) is 0 Å². The normalized spacial score (nSPS) is 10.6. The van der Waals surface area contributed by atoms with E-state index in [0.29, 0.717) is 23.9 Å². The van der Waals surface area contributed by atoms with Gasteiger partial charge >= 0.3 is 0 Å². The summed E-state index contributed by atoms with van der Waals surface area (Å²) < 4.78 is 5.85. The maximum Gasteiger partial charge on any atom is 0.138 e. The number of halogens is 2. The van der Waals surface area contributed by atoms with Crippen molar-refractivity contribution in [2.75, 3.05) is 5.32 Å². The summed E-state index contributed by atoms with van der Waals surface area (Å²) in [5.41, 5.74) is 5.50. The van der Waals surface area contributed by atoms with Gasteiger partial charge in [-0.25, -0.2) is 0 Å². The van der Waals surface area contributed by atoms with Crippen LogP contribution in [0, 0.1) is 13.8 Å². The molecule has 3 aromatic rings. The smallest absolute Gasteiger partial charge is 0.138 e. The average Bonchev–Trinajstić information content (AvgIpc) is 2.63. The highest BCUT2D eigenvalue weighted by Crippen LogP contribution is 2.28. The Kier molecular flexibility index (Phi) is 6.08. The zero-order valence-corrected chi connectivity index (χ0v) is 16.4. The zero-order valence-electron chi connectivity index (χ0n) is 14.9. The first-order chi connectivity index (χ1) is 12.5. The van der Waals surface area contributed by atoms with Crippen LogP contribution in [-0.4, -0.2) is 0 Å². The Bertz CT molecular complexity index is 891. The predicted molar refractivity (Wildman–Crippen MR) is 110 cm³/mol. The van der Waals surface area contributed by atoms with Crippen LogP contribution in [0.15, 0.2) is 60.7 Å². The molecule has 0 atom stereocenters. The van der Waals surface area contributed by atoms with Crippen molar-refractivity contribution in [1.82, 2.24) is 0 Å². The van der Waals surface area contributed by atoms with Crippen LogP contribution < -0.4 is 10.1 Å². The topological polar surface area (TPSA) is 21.3 Å². The molecule has 26 heavy (non-hydrogen) atoms. The lowest BCUT2D eigenvalue weighted by atomic mass is 10.1. The molecule has 0 aliphatic heterocycles. The molecule has 0 unspecified atom stereocenters. The number of anilines is 1. The summed E-state index contributed by atoms with van der Waals surface area (Å²) in [6.07, 6.45) is 0. The lowest BCUT2D eigenvalue weighted by molar-refractivity contribution is 0.306. The highest BCUT2D eigenvalue weighted by atomic mass is 35.5. The molecule has 0 radical (unpaired) electrons. The van der Waals surface area contributed by atoms with Crippen LogP contribution in [0.1, 0.15) is 22.3 Å². The fraction of sp³-hybridized carbons (Fsp3) is 0.182. The zero-order chi connectivity index (χ0) is 18.5. The minimum atomic E-state index is 0.499. The van der Waals surface area contributed by atoms with Gasteiger partial charge in [0.25, 0.3) is 0 Å². The summed E-state index contributed by atoms with van der Waals surface area (Å²) in [6, 6.07) is 20.0. The Hall–Kier alpha value is -2.16. The largest absolute Gasteiger partial charge is 0.487 e. The molecule has 4 heteroatoms. The Morgan fingerprint density at radius 3 is 2.31 bits per heavy atom. The van der Waals surface area contributed by atoms with Crippen molar-refractivity contribution in [2.24, 2.45) is 0 Å². The molecule has 0 spiro atoms. The van der Waals surface area contributed by atoms with Gasteiger partial charge in [-0.15, -0.1) is 0 Å². The fourth-order valence-electron chi connectivity index (χ4n) is 2.61. The standard InChI is InChI=1S/C22H21Cl2NO/c1-15-6-8-17(9-7-15)14-26-22-11-10-18(12-20(22)24)13-25-21-5-3-4-19(23)16(21)2/h3-12,25H,13-14H2,1-2H3. The van der Waals surface area contributed by atoms with Crippen molar-refractivity contribution in [3.8, 4) is 5.75 Å². The van der Waals surface area contributed by atoms with Crippen LogP contribution in [0.25, 0.3) is 0 Å². The third-order valence-electron chi connectivity index (χ3n) is 4.26. The van der Waals surface area contributed by atoms with Crippen molar-refractivity contribution in [1.29, 1.82) is 0 Å². The van der Waals surface area contributed by atoms with E-state index in [1.165, 1.54) is 5.56 Å². The van der Waals surface area contributed by atoms with E-state index in [1.54, 1.807) is 0 Å². The minimum absolute atomic E-state index is 0.499. The molecular weight excluding hydrogens is 365 g/mol.